The number of aromatic nitrogens is 2. The smallest absolute Gasteiger partial charge is 0.145 e. The highest BCUT2D eigenvalue weighted by molar-refractivity contribution is 5.56. The molecule has 0 amide bonds. The predicted molar refractivity (Wildman–Crippen MR) is 73.5 cm³/mol. The Labute approximate surface area is 111 Å². The molecule has 0 fully saturated rings. The van der Waals surface area contributed by atoms with Crippen LogP contribution in [-0.4, -0.2) is 16.4 Å². The zero-order valence-electron chi connectivity index (χ0n) is 10.8. The fourth-order valence-corrected chi connectivity index (χ4v) is 1.68. The number of rotatable bonds is 6. The minimum absolute atomic E-state index is 0.312. The second kappa shape index (κ2) is 6.04. The van der Waals surface area contributed by atoms with Gasteiger partial charge >= 0.3 is 0 Å². The molecular formula is C14H16FN3O. The normalized spacial score (nSPS) is 10.2. The van der Waals surface area contributed by atoms with Crippen molar-refractivity contribution in [3.63, 3.8) is 0 Å². The van der Waals surface area contributed by atoms with Gasteiger partial charge in [-0.3, -0.25) is 0 Å². The highest BCUT2D eigenvalue weighted by Crippen LogP contribution is 2.25. The lowest BCUT2D eigenvalue weighted by Crippen LogP contribution is -2.02. The fraction of sp³-hybridized carbons (Fsp3) is 0.214. The van der Waals surface area contributed by atoms with Crippen molar-refractivity contribution in [2.45, 2.75) is 13.5 Å². The predicted octanol–water partition coefficient (Wildman–Crippen LogP) is 3.13. The van der Waals surface area contributed by atoms with E-state index in [1.807, 2.05) is 13.1 Å². The molecule has 0 aliphatic rings. The van der Waals surface area contributed by atoms with Crippen LogP contribution in [0.5, 0.6) is 5.75 Å². The molecule has 0 unspecified atom stereocenters. The van der Waals surface area contributed by atoms with Crippen molar-refractivity contribution in [2.24, 2.45) is 0 Å². The number of anilines is 1. The molecule has 5 heteroatoms. The van der Waals surface area contributed by atoms with E-state index in [2.05, 4.69) is 17.0 Å². The summed E-state index contributed by atoms with van der Waals surface area (Å²) in [6.07, 6.45) is 5.23. The van der Waals surface area contributed by atoms with Crippen molar-refractivity contribution in [3.8, 4) is 5.75 Å². The van der Waals surface area contributed by atoms with E-state index in [1.165, 1.54) is 12.1 Å². The molecule has 0 radical (unpaired) electrons. The molecule has 1 aromatic heterocycles. The van der Waals surface area contributed by atoms with Crippen molar-refractivity contribution >= 4 is 11.9 Å². The summed E-state index contributed by atoms with van der Waals surface area (Å²) in [6, 6.07) is 4.44. The van der Waals surface area contributed by atoms with E-state index in [-0.39, 0.29) is 5.82 Å². The number of ether oxygens (including phenoxy) is 1. The minimum atomic E-state index is -0.312. The molecule has 0 spiro atoms. The van der Waals surface area contributed by atoms with Crippen LogP contribution in [0.4, 0.5) is 10.1 Å². The Morgan fingerprint density at radius 3 is 3.05 bits per heavy atom. The molecule has 0 aliphatic heterocycles. The lowest BCUT2D eigenvalue weighted by atomic mass is 10.2. The van der Waals surface area contributed by atoms with Crippen LogP contribution in [0.3, 0.4) is 0 Å². The summed E-state index contributed by atoms with van der Waals surface area (Å²) in [4.78, 5) is 0. The minimum Gasteiger partial charge on any atom is -0.492 e. The maximum absolute atomic E-state index is 13.2. The third-order valence-corrected chi connectivity index (χ3v) is 2.57. The van der Waals surface area contributed by atoms with Crippen LogP contribution in [0.25, 0.3) is 6.20 Å². The third kappa shape index (κ3) is 3.34. The zero-order valence-corrected chi connectivity index (χ0v) is 10.8. The van der Waals surface area contributed by atoms with Gasteiger partial charge in [0.05, 0.1) is 18.5 Å². The number of nitrogens with one attached hydrogen (secondary N) is 1. The van der Waals surface area contributed by atoms with Gasteiger partial charge in [-0.2, -0.15) is 5.10 Å². The average Bonchev–Trinajstić information content (AvgIpc) is 2.86. The quantitative estimate of drug-likeness (QED) is 0.868. The van der Waals surface area contributed by atoms with Crippen LogP contribution in [0.15, 0.2) is 37.2 Å². The van der Waals surface area contributed by atoms with Crippen LogP contribution >= 0.6 is 0 Å². The summed E-state index contributed by atoms with van der Waals surface area (Å²) in [6.45, 7) is 6.57. The number of nitrogens with zero attached hydrogens (tertiary/aromatic N) is 2. The Morgan fingerprint density at radius 1 is 1.53 bits per heavy atom. The lowest BCUT2D eigenvalue weighted by molar-refractivity contribution is 0.340. The fourth-order valence-electron chi connectivity index (χ4n) is 1.68. The molecule has 2 rings (SSSR count). The van der Waals surface area contributed by atoms with Gasteiger partial charge in [0.25, 0.3) is 0 Å². The first-order chi connectivity index (χ1) is 9.22. The van der Waals surface area contributed by atoms with E-state index < -0.39 is 0 Å². The average molecular weight is 261 g/mol. The first-order valence-corrected chi connectivity index (χ1v) is 6.04. The molecule has 1 heterocycles. The highest BCUT2D eigenvalue weighted by Gasteiger charge is 2.05. The second-order valence-electron chi connectivity index (χ2n) is 3.94. The molecule has 4 nitrogen and oxygen atoms in total. The van der Waals surface area contributed by atoms with Gasteiger partial charge < -0.3 is 10.1 Å². The van der Waals surface area contributed by atoms with Gasteiger partial charge in [-0.05, 0) is 19.1 Å². The maximum atomic E-state index is 13.2. The lowest BCUT2D eigenvalue weighted by Gasteiger charge is -2.11. The van der Waals surface area contributed by atoms with Crippen LogP contribution < -0.4 is 10.1 Å². The van der Waals surface area contributed by atoms with Crippen LogP contribution in [0.1, 0.15) is 12.5 Å². The number of hydrogen-bond donors (Lipinski definition) is 1. The molecule has 0 saturated carbocycles. The Hall–Kier alpha value is -2.30. The Balaban J connectivity index is 2.07. The van der Waals surface area contributed by atoms with Gasteiger partial charge in [-0.25, -0.2) is 9.07 Å². The molecule has 2 aromatic rings. The molecule has 0 bridgehead atoms. The number of benzene rings is 1. The standard InChI is InChI=1S/C14H16FN3O/c1-3-18-10-11(9-17-18)8-16-13-6-5-12(15)7-14(13)19-4-2/h3,5-7,9-10,16H,1,4,8H2,2H3. The Morgan fingerprint density at radius 2 is 2.37 bits per heavy atom. The third-order valence-electron chi connectivity index (χ3n) is 2.57. The van der Waals surface area contributed by atoms with E-state index in [1.54, 1.807) is 23.1 Å². The summed E-state index contributed by atoms with van der Waals surface area (Å²) in [5.41, 5.74) is 1.77. The van der Waals surface area contributed by atoms with E-state index in [4.69, 9.17) is 4.74 Å². The zero-order chi connectivity index (χ0) is 13.7. The Kier molecular flexibility index (Phi) is 4.18. The number of halogens is 1. The van der Waals surface area contributed by atoms with Crippen molar-refractivity contribution < 1.29 is 9.13 Å². The van der Waals surface area contributed by atoms with Crippen molar-refractivity contribution in [1.82, 2.24) is 9.78 Å². The first kappa shape index (κ1) is 13.1. The monoisotopic (exact) mass is 261 g/mol. The van der Waals surface area contributed by atoms with Crippen LogP contribution in [0, 0.1) is 5.82 Å². The molecule has 0 saturated heterocycles. The molecule has 100 valence electrons. The van der Waals surface area contributed by atoms with E-state index in [0.29, 0.717) is 18.9 Å². The topological polar surface area (TPSA) is 39.1 Å². The molecular weight excluding hydrogens is 245 g/mol. The van der Waals surface area contributed by atoms with Gasteiger partial charge in [0, 0.05) is 30.6 Å². The van der Waals surface area contributed by atoms with E-state index >= 15 is 0 Å². The molecule has 1 N–H and O–H groups in total. The van der Waals surface area contributed by atoms with Crippen molar-refractivity contribution in [3.05, 3.63) is 48.6 Å². The SMILES string of the molecule is C=Cn1cc(CNc2ccc(F)cc2OCC)cn1. The van der Waals surface area contributed by atoms with Gasteiger partial charge in [0.15, 0.2) is 0 Å². The van der Waals surface area contributed by atoms with Gasteiger partial charge in [-0.1, -0.05) is 6.58 Å². The summed E-state index contributed by atoms with van der Waals surface area (Å²) in [5.74, 6) is 0.201. The van der Waals surface area contributed by atoms with Crippen LogP contribution in [0.2, 0.25) is 0 Å². The maximum Gasteiger partial charge on any atom is 0.145 e. The van der Waals surface area contributed by atoms with Gasteiger partial charge in [0.1, 0.15) is 11.6 Å². The molecule has 1 aromatic carbocycles. The molecule has 0 aliphatic carbocycles. The van der Waals surface area contributed by atoms with Crippen molar-refractivity contribution in [1.29, 1.82) is 0 Å². The summed E-state index contributed by atoms with van der Waals surface area (Å²) < 4.78 is 20.2. The molecule has 0 atom stereocenters. The highest BCUT2D eigenvalue weighted by atomic mass is 19.1. The Bertz CT molecular complexity index is 566. The molecule has 19 heavy (non-hydrogen) atoms. The first-order valence-electron chi connectivity index (χ1n) is 6.04. The second-order valence-corrected chi connectivity index (χ2v) is 3.94. The van der Waals surface area contributed by atoms with E-state index in [9.17, 15) is 4.39 Å². The van der Waals surface area contributed by atoms with E-state index in [0.717, 1.165) is 11.3 Å². The van der Waals surface area contributed by atoms with Crippen molar-refractivity contribution in [2.75, 3.05) is 11.9 Å². The largest absolute Gasteiger partial charge is 0.492 e. The summed E-state index contributed by atoms with van der Waals surface area (Å²) in [5, 5.41) is 7.29. The van der Waals surface area contributed by atoms with Gasteiger partial charge in [0.2, 0.25) is 0 Å². The number of hydrogen-bond acceptors (Lipinski definition) is 3. The summed E-state index contributed by atoms with van der Waals surface area (Å²) in [7, 11) is 0. The summed E-state index contributed by atoms with van der Waals surface area (Å²) >= 11 is 0. The van der Waals surface area contributed by atoms with Gasteiger partial charge in [-0.15, -0.1) is 0 Å². The van der Waals surface area contributed by atoms with Crippen LogP contribution in [-0.2, 0) is 6.54 Å².